The lowest BCUT2D eigenvalue weighted by Crippen LogP contribution is -2.11. The summed E-state index contributed by atoms with van der Waals surface area (Å²) in [6.45, 7) is 2.11. The number of thiazole rings is 1. The first kappa shape index (κ1) is 18.6. The lowest BCUT2D eigenvalue weighted by molar-refractivity contribution is 0.0605. The molecule has 0 fully saturated rings. The van der Waals surface area contributed by atoms with Crippen LogP contribution in [0.5, 0.6) is 5.75 Å². The number of benzene rings is 2. The zero-order chi connectivity index (χ0) is 19.2. The van der Waals surface area contributed by atoms with Gasteiger partial charge in [0.25, 0.3) is 5.91 Å². The summed E-state index contributed by atoms with van der Waals surface area (Å²) < 4.78 is 10.4. The zero-order valence-electron chi connectivity index (χ0n) is 14.9. The zero-order valence-corrected chi connectivity index (χ0v) is 15.7. The van der Waals surface area contributed by atoms with Crippen molar-refractivity contribution in [3.8, 4) is 5.75 Å². The van der Waals surface area contributed by atoms with Gasteiger partial charge in [-0.2, -0.15) is 0 Å². The van der Waals surface area contributed by atoms with Crippen molar-refractivity contribution in [2.75, 3.05) is 12.4 Å². The molecule has 138 valence electrons. The molecule has 0 saturated carbocycles. The van der Waals surface area contributed by atoms with Gasteiger partial charge in [0.2, 0.25) is 0 Å². The van der Waals surface area contributed by atoms with Gasteiger partial charge < -0.3 is 9.47 Å². The van der Waals surface area contributed by atoms with E-state index in [0.717, 1.165) is 16.9 Å². The highest BCUT2D eigenvalue weighted by molar-refractivity contribution is 7.17. The molecule has 0 saturated heterocycles. The number of hydrogen-bond donors (Lipinski definition) is 1. The number of ether oxygens (including phenoxy) is 2. The minimum atomic E-state index is -0.471. The van der Waals surface area contributed by atoms with Gasteiger partial charge in [0.1, 0.15) is 17.2 Å². The quantitative estimate of drug-likeness (QED) is 0.650. The first-order chi connectivity index (χ1) is 13.1. The Labute approximate surface area is 160 Å². The highest BCUT2D eigenvalue weighted by atomic mass is 32.1. The van der Waals surface area contributed by atoms with E-state index in [-0.39, 0.29) is 5.91 Å². The number of nitrogens with zero attached hydrogens (tertiary/aromatic N) is 1. The number of carbonyl (C=O) groups is 2. The molecule has 1 amide bonds. The molecule has 0 aliphatic rings. The number of carbonyl (C=O) groups excluding carboxylic acids is 2. The van der Waals surface area contributed by atoms with Crippen molar-refractivity contribution in [2.24, 2.45) is 0 Å². The molecule has 7 heteroatoms. The van der Waals surface area contributed by atoms with Crippen LogP contribution in [0, 0.1) is 6.92 Å². The summed E-state index contributed by atoms with van der Waals surface area (Å²) >= 11 is 1.08. The van der Waals surface area contributed by atoms with Crippen LogP contribution in [-0.4, -0.2) is 24.0 Å². The Bertz CT molecular complexity index is 954. The number of hydrogen-bond acceptors (Lipinski definition) is 6. The predicted octanol–water partition coefficient (Wildman–Crippen LogP) is 4.07. The van der Waals surface area contributed by atoms with E-state index in [1.807, 2.05) is 30.3 Å². The molecule has 0 radical (unpaired) electrons. The lowest BCUT2D eigenvalue weighted by Gasteiger charge is -2.08. The normalized spacial score (nSPS) is 10.3. The first-order valence-electron chi connectivity index (χ1n) is 8.20. The molecule has 2 aromatic carbocycles. The summed E-state index contributed by atoms with van der Waals surface area (Å²) in [6.07, 6.45) is 0. The second-order valence-corrected chi connectivity index (χ2v) is 6.68. The molecular formula is C20H18N2O4S. The van der Waals surface area contributed by atoms with Gasteiger partial charge in [-0.3, -0.25) is 10.1 Å². The maximum atomic E-state index is 12.5. The van der Waals surface area contributed by atoms with Gasteiger partial charge in [-0.05, 0) is 30.7 Å². The third kappa shape index (κ3) is 4.71. The SMILES string of the molecule is COC(=O)c1sc(NC(=O)c2cccc(OCc3ccccc3)c2)nc1C. The summed E-state index contributed by atoms with van der Waals surface area (Å²) in [5.74, 6) is -0.204. The molecule has 6 nitrogen and oxygen atoms in total. The van der Waals surface area contributed by atoms with E-state index < -0.39 is 5.97 Å². The third-order valence-corrected chi connectivity index (χ3v) is 4.79. The van der Waals surface area contributed by atoms with E-state index >= 15 is 0 Å². The van der Waals surface area contributed by atoms with Crippen LogP contribution in [0.3, 0.4) is 0 Å². The molecule has 0 spiro atoms. The molecule has 3 aromatic rings. The van der Waals surface area contributed by atoms with Crippen LogP contribution >= 0.6 is 11.3 Å². The minimum absolute atomic E-state index is 0.328. The van der Waals surface area contributed by atoms with Crippen LogP contribution < -0.4 is 10.1 Å². The number of rotatable bonds is 6. The van der Waals surface area contributed by atoms with Crippen molar-refractivity contribution in [3.63, 3.8) is 0 Å². The Balaban J connectivity index is 1.67. The Hall–Kier alpha value is -3.19. The van der Waals surface area contributed by atoms with Crippen LogP contribution in [0.25, 0.3) is 0 Å². The molecule has 1 heterocycles. The first-order valence-corrected chi connectivity index (χ1v) is 9.02. The number of nitrogens with one attached hydrogen (secondary N) is 1. The summed E-state index contributed by atoms with van der Waals surface area (Å²) in [5, 5.41) is 3.05. The van der Waals surface area contributed by atoms with E-state index in [1.54, 1.807) is 31.2 Å². The van der Waals surface area contributed by atoms with Gasteiger partial charge in [-0.1, -0.05) is 47.7 Å². The number of anilines is 1. The molecule has 0 bridgehead atoms. The van der Waals surface area contributed by atoms with Crippen molar-refractivity contribution >= 4 is 28.3 Å². The summed E-state index contributed by atoms with van der Waals surface area (Å²) in [7, 11) is 1.31. The molecule has 0 unspecified atom stereocenters. The fraction of sp³-hybridized carbons (Fsp3) is 0.150. The largest absolute Gasteiger partial charge is 0.489 e. The molecular weight excluding hydrogens is 364 g/mol. The number of aromatic nitrogens is 1. The van der Waals surface area contributed by atoms with E-state index in [0.29, 0.717) is 33.6 Å². The van der Waals surface area contributed by atoms with Gasteiger partial charge in [0, 0.05) is 5.56 Å². The van der Waals surface area contributed by atoms with Crippen LogP contribution in [-0.2, 0) is 11.3 Å². The summed E-state index contributed by atoms with van der Waals surface area (Å²) in [6, 6.07) is 16.7. The summed E-state index contributed by atoms with van der Waals surface area (Å²) in [5.41, 5.74) is 2.00. The molecule has 0 aliphatic carbocycles. The molecule has 0 atom stereocenters. The van der Waals surface area contributed by atoms with Crippen molar-refractivity contribution in [3.05, 3.63) is 76.3 Å². The molecule has 0 aliphatic heterocycles. The van der Waals surface area contributed by atoms with Gasteiger partial charge in [-0.15, -0.1) is 0 Å². The molecule has 1 N–H and O–H groups in total. The second kappa shape index (κ2) is 8.46. The van der Waals surface area contributed by atoms with E-state index in [9.17, 15) is 9.59 Å². The second-order valence-electron chi connectivity index (χ2n) is 5.68. The van der Waals surface area contributed by atoms with Gasteiger partial charge >= 0.3 is 5.97 Å². The maximum absolute atomic E-state index is 12.5. The summed E-state index contributed by atoms with van der Waals surface area (Å²) in [4.78, 5) is 28.7. The van der Waals surface area contributed by atoms with E-state index in [4.69, 9.17) is 9.47 Å². The Kier molecular flexibility index (Phi) is 5.83. The molecule has 1 aromatic heterocycles. The monoisotopic (exact) mass is 382 g/mol. The van der Waals surface area contributed by atoms with Crippen LogP contribution in [0.15, 0.2) is 54.6 Å². The average Bonchev–Trinajstić information content (AvgIpc) is 3.06. The molecule has 3 rings (SSSR count). The van der Waals surface area contributed by atoms with Crippen LogP contribution in [0.2, 0.25) is 0 Å². The van der Waals surface area contributed by atoms with Gasteiger partial charge in [-0.25, -0.2) is 9.78 Å². The van der Waals surface area contributed by atoms with E-state index in [2.05, 4.69) is 10.3 Å². The number of amides is 1. The van der Waals surface area contributed by atoms with E-state index in [1.165, 1.54) is 7.11 Å². The Morgan fingerprint density at radius 3 is 2.63 bits per heavy atom. The standard InChI is InChI=1S/C20H18N2O4S/c1-13-17(19(24)25-2)27-20(21-13)22-18(23)15-9-6-10-16(11-15)26-12-14-7-4-3-5-8-14/h3-11H,12H2,1-2H3,(H,21,22,23). The van der Waals surface area contributed by atoms with Crippen LogP contribution in [0.1, 0.15) is 31.3 Å². The fourth-order valence-electron chi connectivity index (χ4n) is 2.37. The van der Waals surface area contributed by atoms with Crippen molar-refractivity contribution in [1.29, 1.82) is 0 Å². The van der Waals surface area contributed by atoms with Gasteiger partial charge in [0.05, 0.1) is 12.8 Å². The number of esters is 1. The Morgan fingerprint density at radius 2 is 1.89 bits per heavy atom. The lowest BCUT2D eigenvalue weighted by atomic mass is 10.2. The minimum Gasteiger partial charge on any atom is -0.489 e. The molecule has 27 heavy (non-hydrogen) atoms. The fourth-order valence-corrected chi connectivity index (χ4v) is 3.25. The highest BCUT2D eigenvalue weighted by Crippen LogP contribution is 2.24. The highest BCUT2D eigenvalue weighted by Gasteiger charge is 2.17. The average molecular weight is 382 g/mol. The Morgan fingerprint density at radius 1 is 1.11 bits per heavy atom. The van der Waals surface area contributed by atoms with Crippen molar-refractivity contribution in [2.45, 2.75) is 13.5 Å². The number of aryl methyl sites for hydroxylation is 1. The van der Waals surface area contributed by atoms with Crippen molar-refractivity contribution < 1.29 is 19.1 Å². The maximum Gasteiger partial charge on any atom is 0.350 e. The van der Waals surface area contributed by atoms with Crippen LogP contribution in [0.4, 0.5) is 5.13 Å². The third-order valence-electron chi connectivity index (χ3n) is 3.73. The topological polar surface area (TPSA) is 77.5 Å². The van der Waals surface area contributed by atoms with Gasteiger partial charge in [0.15, 0.2) is 5.13 Å². The number of methoxy groups -OCH3 is 1. The predicted molar refractivity (Wildman–Crippen MR) is 103 cm³/mol. The smallest absolute Gasteiger partial charge is 0.350 e. The van der Waals surface area contributed by atoms with Crippen molar-refractivity contribution in [1.82, 2.24) is 4.98 Å².